The number of unbranched alkanes of at least 4 members (excludes halogenated alkanes) is 4. The van der Waals surface area contributed by atoms with Crippen LogP contribution in [0.2, 0.25) is 0 Å². The fourth-order valence-electron chi connectivity index (χ4n) is 6.27. The zero-order chi connectivity index (χ0) is 31.6. The van der Waals surface area contributed by atoms with Gasteiger partial charge in [0.15, 0.2) is 0 Å². The second-order valence-corrected chi connectivity index (χ2v) is 13.8. The van der Waals surface area contributed by atoms with E-state index in [1.54, 1.807) is 19.2 Å². The van der Waals surface area contributed by atoms with Gasteiger partial charge in [-0.2, -0.15) is 0 Å². The molecule has 4 nitrogen and oxygen atoms in total. The van der Waals surface area contributed by atoms with E-state index < -0.39 is 5.41 Å². The lowest BCUT2D eigenvalue weighted by Gasteiger charge is -2.33. The summed E-state index contributed by atoms with van der Waals surface area (Å²) in [4.78, 5) is 26.9. The minimum absolute atomic E-state index is 0.0308. The molecule has 0 fully saturated rings. The van der Waals surface area contributed by atoms with Crippen molar-refractivity contribution in [2.45, 2.75) is 89.1 Å². The van der Waals surface area contributed by atoms with Gasteiger partial charge in [-0.15, -0.1) is 9.24 Å². The van der Waals surface area contributed by atoms with Gasteiger partial charge in [0.05, 0.1) is 12.7 Å². The highest BCUT2D eigenvalue weighted by Gasteiger charge is 2.48. The summed E-state index contributed by atoms with van der Waals surface area (Å²) in [5.41, 5.74) is 4.47. The molecule has 0 bridgehead atoms. The van der Waals surface area contributed by atoms with Crippen molar-refractivity contribution >= 4 is 20.9 Å². The van der Waals surface area contributed by atoms with E-state index in [0.29, 0.717) is 17.9 Å². The van der Waals surface area contributed by atoms with Gasteiger partial charge in [0, 0.05) is 12.5 Å². The molecule has 1 aliphatic carbocycles. The summed E-state index contributed by atoms with van der Waals surface area (Å²) in [5, 5.41) is 3.32. The summed E-state index contributed by atoms with van der Waals surface area (Å²) in [6.45, 7) is 7.10. The summed E-state index contributed by atoms with van der Waals surface area (Å²) in [5.74, 6) is 6.78. The van der Waals surface area contributed by atoms with Gasteiger partial charge < -0.3 is 10.1 Å². The highest BCUT2D eigenvalue weighted by atomic mass is 31.0. The molecule has 232 valence electrons. The summed E-state index contributed by atoms with van der Waals surface area (Å²) < 4.78 is 5.32. The van der Waals surface area contributed by atoms with Crippen molar-refractivity contribution in [1.29, 1.82) is 0 Å². The molecule has 1 N–H and O–H groups in total. The van der Waals surface area contributed by atoms with Gasteiger partial charge >= 0.3 is 0 Å². The number of rotatable bonds is 15. The normalized spacial score (nSPS) is 14.8. The molecular weight excluding hydrogens is 561 g/mol. The van der Waals surface area contributed by atoms with Crippen LogP contribution in [-0.2, 0) is 10.2 Å². The molecule has 3 atom stereocenters. The number of para-hydroxylation sites is 1. The molecule has 0 aliphatic heterocycles. The Morgan fingerprint density at radius 3 is 2.11 bits per heavy atom. The first kappa shape index (κ1) is 33.5. The Kier molecular flexibility index (Phi) is 11.8. The average molecular weight is 610 g/mol. The van der Waals surface area contributed by atoms with Crippen molar-refractivity contribution in [1.82, 2.24) is 5.32 Å². The van der Waals surface area contributed by atoms with Gasteiger partial charge in [-0.25, -0.2) is 0 Å². The first-order valence-electron chi connectivity index (χ1n) is 16.2. The second-order valence-electron chi connectivity index (χ2n) is 12.4. The minimum Gasteiger partial charge on any atom is -0.496 e. The topological polar surface area (TPSA) is 55.4 Å². The molecular formula is C39H48NO3P. The van der Waals surface area contributed by atoms with Crippen molar-refractivity contribution in [3.8, 4) is 28.7 Å². The Balaban J connectivity index is 1.36. The van der Waals surface area contributed by atoms with Gasteiger partial charge in [0.2, 0.25) is 11.7 Å². The highest BCUT2D eigenvalue weighted by molar-refractivity contribution is 7.19. The quantitative estimate of drug-likeness (QED) is 0.0616. The summed E-state index contributed by atoms with van der Waals surface area (Å²) in [6, 6.07) is 24.1. The molecule has 0 saturated carbocycles. The van der Waals surface area contributed by atoms with E-state index in [1.165, 1.54) is 11.1 Å². The van der Waals surface area contributed by atoms with Crippen LogP contribution in [0.4, 0.5) is 0 Å². The fraction of sp³-hybridized carbons (Fsp3) is 0.436. The number of carbonyl (C=O) groups is 2. The summed E-state index contributed by atoms with van der Waals surface area (Å²) >= 11 is 0. The predicted molar refractivity (Wildman–Crippen MR) is 185 cm³/mol. The Morgan fingerprint density at radius 2 is 1.48 bits per heavy atom. The van der Waals surface area contributed by atoms with Crippen LogP contribution in [0.5, 0.6) is 5.75 Å². The number of methoxy groups -OCH3 is 1. The maximum absolute atomic E-state index is 14.2. The van der Waals surface area contributed by atoms with E-state index in [2.05, 4.69) is 95.7 Å². The van der Waals surface area contributed by atoms with Gasteiger partial charge in [0.1, 0.15) is 11.2 Å². The zero-order valence-electron chi connectivity index (χ0n) is 26.9. The molecule has 0 heterocycles. The smallest absolute Gasteiger partial charge is 0.239 e. The van der Waals surface area contributed by atoms with Crippen LogP contribution < -0.4 is 10.1 Å². The molecule has 3 unspecified atom stereocenters. The van der Waals surface area contributed by atoms with E-state index in [4.69, 9.17) is 4.74 Å². The molecule has 44 heavy (non-hydrogen) atoms. The van der Waals surface area contributed by atoms with Gasteiger partial charge in [0.25, 0.3) is 0 Å². The fourth-order valence-corrected chi connectivity index (χ4v) is 6.37. The monoisotopic (exact) mass is 609 g/mol. The van der Waals surface area contributed by atoms with Gasteiger partial charge in [-0.05, 0) is 71.1 Å². The number of ether oxygens (including phenoxy) is 1. The Bertz CT molecular complexity index is 1450. The molecule has 4 rings (SSSR count). The molecule has 0 radical (unpaired) electrons. The molecule has 3 aromatic carbocycles. The lowest BCUT2D eigenvalue weighted by molar-refractivity contribution is -0.125. The Hall–Kier alpha value is -3.41. The molecule has 5 heteroatoms. The lowest BCUT2D eigenvalue weighted by Crippen LogP contribution is -2.47. The highest BCUT2D eigenvalue weighted by Crippen LogP contribution is 2.51. The van der Waals surface area contributed by atoms with E-state index in [1.807, 2.05) is 12.1 Å². The standard InChI is InChI=1S/C39H48NO3P/c1-5-29(25-26-35(41)32-21-13-16-24-36(32)43-4)18-10-8-7-9-17-27-39(37(42)40-28-38(3,44)6-2)33-22-14-11-19-30(33)31-20-12-15-23-34(31)39/h11-16,19-24,29H,5-10,17-18,27-28,44H2,1-4H3,(H,40,42). The number of nitrogens with one attached hydrogen (secondary N) is 1. The van der Waals surface area contributed by atoms with Crippen molar-refractivity contribution < 1.29 is 14.3 Å². The largest absolute Gasteiger partial charge is 0.496 e. The molecule has 1 amide bonds. The summed E-state index contributed by atoms with van der Waals surface area (Å²) in [6.07, 6.45) is 9.05. The second kappa shape index (κ2) is 15.5. The van der Waals surface area contributed by atoms with Crippen LogP contribution >= 0.6 is 9.24 Å². The number of hydrogen-bond donors (Lipinski definition) is 1. The molecule has 0 spiro atoms. The van der Waals surface area contributed by atoms with Crippen molar-refractivity contribution in [2.24, 2.45) is 5.92 Å². The number of ketones is 1. The summed E-state index contributed by atoms with van der Waals surface area (Å²) in [7, 11) is 4.48. The molecule has 1 aliphatic rings. The third-order valence-corrected chi connectivity index (χ3v) is 9.86. The molecule has 0 aromatic heterocycles. The van der Waals surface area contributed by atoms with Crippen LogP contribution in [0.15, 0.2) is 72.8 Å². The third kappa shape index (κ3) is 7.62. The Morgan fingerprint density at radius 1 is 0.886 bits per heavy atom. The van der Waals surface area contributed by atoms with E-state index in [9.17, 15) is 9.59 Å². The number of hydrogen-bond acceptors (Lipinski definition) is 3. The van der Waals surface area contributed by atoms with Crippen LogP contribution in [0, 0.1) is 17.8 Å². The SMILES string of the molecule is CCC(C#CC(=O)c1ccccc1OC)CCCCCCCC1(C(=O)NCC(C)(P)CC)c2ccccc2-c2ccccc21. The number of Topliss-reactive ketones (excluding diaryl/α,β-unsaturated/α-hetero) is 1. The van der Waals surface area contributed by atoms with Gasteiger partial charge in [-0.1, -0.05) is 119 Å². The number of amides is 1. The van der Waals surface area contributed by atoms with Crippen molar-refractivity contribution in [3.05, 3.63) is 89.5 Å². The van der Waals surface area contributed by atoms with E-state index >= 15 is 0 Å². The first-order valence-corrected chi connectivity index (χ1v) is 16.8. The Labute approximate surface area is 267 Å². The van der Waals surface area contributed by atoms with Crippen LogP contribution in [0.1, 0.15) is 100 Å². The predicted octanol–water partition coefficient (Wildman–Crippen LogP) is 8.76. The third-order valence-electron chi connectivity index (χ3n) is 9.25. The van der Waals surface area contributed by atoms with Gasteiger partial charge in [-0.3, -0.25) is 9.59 Å². The van der Waals surface area contributed by atoms with E-state index in [-0.39, 0.29) is 22.8 Å². The van der Waals surface area contributed by atoms with Crippen LogP contribution in [0.3, 0.4) is 0 Å². The average Bonchev–Trinajstić information content (AvgIpc) is 3.35. The zero-order valence-corrected chi connectivity index (χ0v) is 28.0. The van der Waals surface area contributed by atoms with Crippen LogP contribution in [0.25, 0.3) is 11.1 Å². The maximum Gasteiger partial charge on any atom is 0.239 e. The van der Waals surface area contributed by atoms with E-state index in [0.717, 1.165) is 68.9 Å². The maximum atomic E-state index is 14.2. The number of benzene rings is 3. The number of fused-ring (bicyclic) bond motifs is 3. The molecule has 3 aromatic rings. The molecule has 0 saturated heterocycles. The lowest BCUT2D eigenvalue weighted by atomic mass is 9.73. The number of carbonyl (C=O) groups excluding carboxylic acids is 2. The van der Waals surface area contributed by atoms with Crippen molar-refractivity contribution in [2.75, 3.05) is 13.7 Å². The van der Waals surface area contributed by atoms with Crippen molar-refractivity contribution in [3.63, 3.8) is 0 Å². The first-order chi connectivity index (χ1) is 21.3. The van der Waals surface area contributed by atoms with Crippen LogP contribution in [-0.4, -0.2) is 30.5 Å². The minimum atomic E-state index is -0.668.